The number of aromatic nitrogens is 4. The lowest BCUT2D eigenvalue weighted by Crippen LogP contribution is -2.51. The lowest BCUT2D eigenvalue weighted by Gasteiger charge is -2.30. The second-order valence-electron chi connectivity index (χ2n) is 15.0. The first kappa shape index (κ1) is 37.6. The van der Waals surface area contributed by atoms with E-state index in [1.165, 1.54) is 36.5 Å². The summed E-state index contributed by atoms with van der Waals surface area (Å²) >= 11 is 0. The third-order valence-electron chi connectivity index (χ3n) is 11.4. The summed E-state index contributed by atoms with van der Waals surface area (Å²) in [4.78, 5) is 70.4. The highest BCUT2D eigenvalue weighted by molar-refractivity contribution is 5.86. The quantitative estimate of drug-likeness (QED) is 0.154. The number of fused-ring (bicyclic) bond motifs is 3. The minimum atomic E-state index is -0.684. The van der Waals surface area contributed by atoms with E-state index in [0.29, 0.717) is 13.1 Å². The van der Waals surface area contributed by atoms with Crippen molar-refractivity contribution in [3.05, 3.63) is 71.6 Å². The van der Waals surface area contributed by atoms with Crippen molar-refractivity contribution in [1.82, 2.24) is 40.4 Å². The van der Waals surface area contributed by atoms with E-state index < -0.39 is 18.2 Å². The summed E-state index contributed by atoms with van der Waals surface area (Å²) in [6.07, 6.45) is 7.65. The van der Waals surface area contributed by atoms with Gasteiger partial charge in [0.2, 0.25) is 11.8 Å². The maximum atomic E-state index is 13.6. The number of benzene rings is 2. The molecule has 4 N–H and O–H groups in total. The standard InChI is InChI=1S/C41H50N8O6/c1-6-24-15-17-49(34(50)22-44-40(52)54-4)36(24)38-43-21-32(46-38)28-12-14-30-26(19-28)10-9-25-18-27(11-13-29(25)30)31-20-42-37(45-31)33-8-7-16-48(33)39(51)35(23(2)3)47-41(53)55-5/h11-14,18-21,23-24,33,35-36H,6-10,15-17,22H2,1-5H3,(H,42,45)(H,43,46)(H,44,52)(H,47,53)/t24-,33+,35?,36+/m1/s1. The number of nitrogens with one attached hydrogen (secondary N) is 4. The molecule has 14 heteroatoms. The minimum absolute atomic E-state index is 0.101. The Kier molecular flexibility index (Phi) is 10.9. The van der Waals surface area contributed by atoms with Gasteiger partial charge in [0.1, 0.15) is 24.2 Å². The van der Waals surface area contributed by atoms with Crippen molar-refractivity contribution in [3.63, 3.8) is 0 Å². The number of aryl methyl sites for hydroxylation is 2. The van der Waals surface area contributed by atoms with E-state index in [4.69, 9.17) is 14.7 Å². The number of imidazole rings is 2. The summed E-state index contributed by atoms with van der Waals surface area (Å²) in [5.41, 5.74) is 8.82. The van der Waals surface area contributed by atoms with Crippen molar-refractivity contribution in [2.45, 2.75) is 77.4 Å². The highest BCUT2D eigenvalue weighted by Crippen LogP contribution is 2.41. The van der Waals surface area contributed by atoms with E-state index in [9.17, 15) is 19.2 Å². The number of carbonyl (C=O) groups is 4. The Labute approximate surface area is 320 Å². The molecule has 2 saturated heterocycles. The predicted octanol–water partition coefficient (Wildman–Crippen LogP) is 5.93. The molecule has 55 heavy (non-hydrogen) atoms. The monoisotopic (exact) mass is 750 g/mol. The Morgan fingerprint density at radius 2 is 1.45 bits per heavy atom. The van der Waals surface area contributed by atoms with Crippen LogP contribution in [0.1, 0.15) is 81.3 Å². The molecular weight excluding hydrogens is 701 g/mol. The molecule has 1 aliphatic carbocycles. The van der Waals surface area contributed by atoms with Gasteiger partial charge in [0.15, 0.2) is 0 Å². The normalized spacial score (nSPS) is 19.5. The third-order valence-corrected chi connectivity index (χ3v) is 11.4. The SMILES string of the molecule is CC[C@@H]1CCN(C(=O)CNC(=O)OC)[C@@H]1c1ncc(-c2ccc3c(c2)CCc2cc(-c4cnc([C@@H]5CCCN5C(=O)C(NC(=O)OC)C(C)C)[nH]4)ccc2-3)[nH]1. The molecule has 2 aliphatic heterocycles. The van der Waals surface area contributed by atoms with Gasteiger partial charge >= 0.3 is 12.2 Å². The maximum absolute atomic E-state index is 13.6. The van der Waals surface area contributed by atoms with Crippen LogP contribution < -0.4 is 10.6 Å². The Hall–Kier alpha value is -5.66. The fourth-order valence-electron chi connectivity index (χ4n) is 8.47. The van der Waals surface area contributed by atoms with Crippen LogP contribution in [-0.4, -0.2) is 93.6 Å². The minimum Gasteiger partial charge on any atom is -0.453 e. The zero-order valence-electron chi connectivity index (χ0n) is 32.1. The fourth-order valence-corrected chi connectivity index (χ4v) is 8.47. The Balaban J connectivity index is 1.06. The largest absolute Gasteiger partial charge is 0.453 e. The first-order valence-corrected chi connectivity index (χ1v) is 19.2. The van der Waals surface area contributed by atoms with Gasteiger partial charge < -0.3 is 39.9 Å². The second-order valence-corrected chi connectivity index (χ2v) is 15.0. The van der Waals surface area contributed by atoms with Crippen molar-refractivity contribution < 1.29 is 28.7 Å². The van der Waals surface area contributed by atoms with E-state index in [0.717, 1.165) is 72.7 Å². The van der Waals surface area contributed by atoms with E-state index in [1.54, 1.807) is 0 Å². The fraction of sp³-hybridized carbons (Fsp3) is 0.463. The van der Waals surface area contributed by atoms with Crippen LogP contribution in [0, 0.1) is 11.8 Å². The van der Waals surface area contributed by atoms with Gasteiger partial charge in [0, 0.05) is 13.1 Å². The number of rotatable bonds is 10. The number of likely N-dealkylation sites (tertiary alicyclic amines) is 2. The van der Waals surface area contributed by atoms with Crippen LogP contribution in [0.3, 0.4) is 0 Å². The third kappa shape index (κ3) is 7.54. The number of ether oxygens (including phenoxy) is 2. The molecule has 0 spiro atoms. The topological polar surface area (TPSA) is 175 Å². The lowest BCUT2D eigenvalue weighted by atomic mass is 9.83. The summed E-state index contributed by atoms with van der Waals surface area (Å²) < 4.78 is 9.41. The van der Waals surface area contributed by atoms with E-state index in [-0.39, 0.29) is 42.3 Å². The van der Waals surface area contributed by atoms with Gasteiger partial charge in [-0.2, -0.15) is 0 Å². The molecule has 0 bridgehead atoms. The molecule has 4 aromatic rings. The summed E-state index contributed by atoms with van der Waals surface area (Å²) in [6.45, 7) is 7.04. The molecule has 2 aromatic heterocycles. The predicted molar refractivity (Wildman–Crippen MR) is 206 cm³/mol. The van der Waals surface area contributed by atoms with Crippen LogP contribution in [0.25, 0.3) is 33.6 Å². The van der Waals surface area contributed by atoms with Crippen LogP contribution in [0.15, 0.2) is 48.8 Å². The summed E-state index contributed by atoms with van der Waals surface area (Å²) in [7, 11) is 2.57. The number of H-pyrrole nitrogens is 2. The van der Waals surface area contributed by atoms with Crippen molar-refractivity contribution in [2.24, 2.45) is 11.8 Å². The van der Waals surface area contributed by atoms with E-state index in [2.05, 4.69) is 68.7 Å². The van der Waals surface area contributed by atoms with Crippen molar-refractivity contribution in [2.75, 3.05) is 33.9 Å². The van der Waals surface area contributed by atoms with Gasteiger partial charge in [-0.25, -0.2) is 19.6 Å². The Bertz CT molecular complexity index is 2070. The number of amides is 4. The van der Waals surface area contributed by atoms with Gasteiger partial charge in [-0.05, 0) is 89.5 Å². The number of carbonyl (C=O) groups excluding carboxylic acids is 4. The highest BCUT2D eigenvalue weighted by Gasteiger charge is 2.40. The molecule has 4 amide bonds. The Morgan fingerprint density at radius 1 is 0.836 bits per heavy atom. The number of alkyl carbamates (subject to hydrolysis) is 2. The highest BCUT2D eigenvalue weighted by atomic mass is 16.5. The molecule has 0 radical (unpaired) electrons. The molecule has 3 aliphatic rings. The molecule has 4 atom stereocenters. The van der Waals surface area contributed by atoms with Crippen LogP contribution in [0.2, 0.25) is 0 Å². The number of hydrogen-bond donors (Lipinski definition) is 4. The van der Waals surface area contributed by atoms with Crippen LogP contribution in [0.4, 0.5) is 9.59 Å². The van der Waals surface area contributed by atoms with Crippen molar-refractivity contribution in [3.8, 4) is 33.6 Å². The molecule has 14 nitrogen and oxygen atoms in total. The zero-order chi connectivity index (χ0) is 38.8. The lowest BCUT2D eigenvalue weighted by molar-refractivity contribution is -0.135. The van der Waals surface area contributed by atoms with Gasteiger partial charge in [0.25, 0.3) is 0 Å². The van der Waals surface area contributed by atoms with Gasteiger partial charge in [-0.3, -0.25) is 9.59 Å². The first-order valence-electron chi connectivity index (χ1n) is 19.2. The molecule has 290 valence electrons. The number of aromatic amines is 2. The summed E-state index contributed by atoms with van der Waals surface area (Å²) in [5.74, 6) is 1.37. The van der Waals surface area contributed by atoms with Gasteiger partial charge in [-0.15, -0.1) is 0 Å². The molecule has 0 saturated carbocycles. The van der Waals surface area contributed by atoms with E-state index in [1.807, 2.05) is 36.0 Å². The van der Waals surface area contributed by atoms with Gasteiger partial charge in [-0.1, -0.05) is 51.5 Å². The summed E-state index contributed by atoms with van der Waals surface area (Å²) in [5, 5.41) is 5.22. The summed E-state index contributed by atoms with van der Waals surface area (Å²) in [6, 6.07) is 12.0. The number of methoxy groups -OCH3 is 2. The van der Waals surface area contributed by atoms with Gasteiger partial charge in [0.05, 0.1) is 50.1 Å². The van der Waals surface area contributed by atoms with Crippen molar-refractivity contribution >= 4 is 24.0 Å². The number of hydrogen-bond acceptors (Lipinski definition) is 8. The second kappa shape index (κ2) is 16.0. The average molecular weight is 751 g/mol. The number of nitrogens with zero attached hydrogens (tertiary/aromatic N) is 4. The molecule has 4 heterocycles. The average Bonchev–Trinajstić information content (AvgIpc) is 4.04. The molecule has 7 rings (SSSR count). The van der Waals surface area contributed by atoms with E-state index >= 15 is 0 Å². The zero-order valence-corrected chi connectivity index (χ0v) is 32.1. The van der Waals surface area contributed by atoms with Crippen molar-refractivity contribution in [1.29, 1.82) is 0 Å². The van der Waals surface area contributed by atoms with Crippen LogP contribution in [0.5, 0.6) is 0 Å². The molecule has 1 unspecified atom stereocenters. The van der Waals surface area contributed by atoms with Crippen LogP contribution >= 0.6 is 0 Å². The van der Waals surface area contributed by atoms with Crippen LogP contribution in [-0.2, 0) is 31.9 Å². The smallest absolute Gasteiger partial charge is 0.407 e. The molecule has 2 aromatic carbocycles. The maximum Gasteiger partial charge on any atom is 0.407 e. The Morgan fingerprint density at radius 3 is 2.05 bits per heavy atom. The molecule has 2 fully saturated rings. The first-order chi connectivity index (χ1) is 26.6. The molecular formula is C41H50N8O6.